The Kier molecular flexibility index (Phi) is 9.06. The van der Waals surface area contributed by atoms with E-state index in [1.165, 1.54) is 16.8 Å². The predicted molar refractivity (Wildman–Crippen MR) is 129 cm³/mol. The lowest BCUT2D eigenvalue weighted by Gasteiger charge is -2.24. The number of anilines is 1. The summed E-state index contributed by atoms with van der Waals surface area (Å²) in [7, 11) is 1.73. The van der Waals surface area contributed by atoms with Crippen LogP contribution in [0.25, 0.3) is 5.69 Å². The maximum atomic E-state index is 13.2. The highest BCUT2D eigenvalue weighted by Crippen LogP contribution is 2.24. The molecule has 1 aromatic heterocycles. The van der Waals surface area contributed by atoms with Gasteiger partial charge >= 0.3 is 0 Å². The first-order valence-electron chi connectivity index (χ1n) is 10.1. The minimum atomic E-state index is -0.341. The van der Waals surface area contributed by atoms with Gasteiger partial charge in [-0.25, -0.2) is 9.07 Å². The molecule has 1 saturated heterocycles. The van der Waals surface area contributed by atoms with Gasteiger partial charge in [-0.1, -0.05) is 0 Å². The van der Waals surface area contributed by atoms with E-state index in [1.807, 2.05) is 0 Å². The number of aromatic nitrogens is 2. The summed E-state index contributed by atoms with van der Waals surface area (Å²) >= 11 is 0. The van der Waals surface area contributed by atoms with Crippen LogP contribution in [0.5, 0.6) is 0 Å². The van der Waals surface area contributed by atoms with Gasteiger partial charge in [0.15, 0.2) is 5.96 Å². The quantitative estimate of drug-likeness (QED) is 0.215. The van der Waals surface area contributed by atoms with Crippen molar-refractivity contribution < 1.29 is 9.13 Å². The number of nitrogen functional groups attached to an aromatic ring is 1. The van der Waals surface area contributed by atoms with Crippen molar-refractivity contribution in [1.82, 2.24) is 20.4 Å². The number of benzene rings is 1. The Bertz CT molecular complexity index is 930. The molecule has 0 radical (unpaired) electrons. The molecule has 2 heterocycles. The summed E-state index contributed by atoms with van der Waals surface area (Å²) in [5.41, 5.74) is 7.54. The van der Waals surface area contributed by atoms with Crippen LogP contribution in [0.15, 0.2) is 29.3 Å². The monoisotopic (exact) mass is 541 g/mol. The number of hydrogen-bond donors (Lipinski definition) is 3. The summed E-state index contributed by atoms with van der Waals surface area (Å²) in [4.78, 5) is 4.24. The number of ether oxygens (including phenoxy) is 1. The Hall–Kier alpha value is -2.39. The zero-order valence-electron chi connectivity index (χ0n) is 17.8. The van der Waals surface area contributed by atoms with Crippen LogP contribution in [-0.4, -0.2) is 48.1 Å². The van der Waals surface area contributed by atoms with Gasteiger partial charge in [0.1, 0.15) is 23.3 Å². The van der Waals surface area contributed by atoms with Gasteiger partial charge in [0.25, 0.3) is 0 Å². The Morgan fingerprint density at radius 3 is 2.74 bits per heavy atom. The average molecular weight is 541 g/mol. The molecule has 10 heteroatoms. The summed E-state index contributed by atoms with van der Waals surface area (Å²) in [5.74, 6) is 0.629. The Morgan fingerprint density at radius 1 is 1.39 bits per heavy atom. The molecule has 0 saturated carbocycles. The second kappa shape index (κ2) is 11.3. The van der Waals surface area contributed by atoms with Crippen LogP contribution < -0.4 is 16.4 Å². The molecule has 1 aliphatic heterocycles. The molecular weight excluding hydrogens is 512 g/mol. The summed E-state index contributed by atoms with van der Waals surface area (Å²) in [5, 5.41) is 20.5. The van der Waals surface area contributed by atoms with E-state index in [0.29, 0.717) is 42.4 Å². The standard InChI is InChI=1S/C21H28FN7O.HI/c1-21(10-4-12-30-21)14-27-20(25-2)26-11-3-5-18-17(13-23)19(24)29(28-18)16-8-6-15(22)7-9-16;/h6-9H,3-5,10-12,14,24H2,1-2H3,(H2,25,26,27);1H. The predicted octanol–water partition coefficient (Wildman–Crippen LogP) is 2.75. The van der Waals surface area contributed by atoms with Crippen LogP contribution in [0.3, 0.4) is 0 Å². The largest absolute Gasteiger partial charge is 0.382 e. The van der Waals surface area contributed by atoms with E-state index in [-0.39, 0.29) is 41.2 Å². The minimum absolute atomic E-state index is 0. The number of halogens is 2. The van der Waals surface area contributed by atoms with E-state index in [4.69, 9.17) is 10.5 Å². The van der Waals surface area contributed by atoms with Crippen molar-refractivity contribution in [2.24, 2.45) is 4.99 Å². The molecular formula is C21H29FIN7O. The van der Waals surface area contributed by atoms with Gasteiger partial charge in [0, 0.05) is 26.7 Å². The van der Waals surface area contributed by atoms with Crippen molar-refractivity contribution in [2.45, 2.75) is 38.2 Å². The van der Waals surface area contributed by atoms with Crippen molar-refractivity contribution >= 4 is 35.8 Å². The van der Waals surface area contributed by atoms with Crippen LogP contribution in [0.4, 0.5) is 10.2 Å². The van der Waals surface area contributed by atoms with Crippen molar-refractivity contribution in [3.8, 4) is 11.8 Å². The minimum Gasteiger partial charge on any atom is -0.382 e. The molecule has 31 heavy (non-hydrogen) atoms. The fourth-order valence-electron chi connectivity index (χ4n) is 3.48. The van der Waals surface area contributed by atoms with Crippen molar-refractivity contribution in [1.29, 1.82) is 5.26 Å². The van der Waals surface area contributed by atoms with Crippen LogP contribution in [-0.2, 0) is 11.2 Å². The van der Waals surface area contributed by atoms with Crippen molar-refractivity contribution in [3.05, 3.63) is 41.3 Å². The molecule has 1 unspecified atom stereocenters. The Morgan fingerprint density at radius 2 is 2.13 bits per heavy atom. The van der Waals surface area contributed by atoms with Gasteiger partial charge in [-0.2, -0.15) is 10.4 Å². The third-order valence-corrected chi connectivity index (χ3v) is 5.21. The molecule has 0 bridgehead atoms. The molecule has 0 amide bonds. The molecule has 0 spiro atoms. The lowest BCUT2D eigenvalue weighted by Crippen LogP contribution is -2.45. The number of nitriles is 1. The lowest BCUT2D eigenvalue weighted by atomic mass is 10.0. The highest BCUT2D eigenvalue weighted by Gasteiger charge is 2.29. The van der Waals surface area contributed by atoms with Gasteiger partial charge in [-0.15, -0.1) is 24.0 Å². The zero-order chi connectivity index (χ0) is 21.6. The first-order valence-corrected chi connectivity index (χ1v) is 10.1. The molecule has 0 aliphatic carbocycles. The SMILES string of the molecule is CN=C(NCCCc1nn(-c2ccc(F)cc2)c(N)c1C#N)NCC1(C)CCCO1.I. The fraction of sp³-hybridized carbons (Fsp3) is 0.476. The summed E-state index contributed by atoms with van der Waals surface area (Å²) in [6, 6.07) is 7.96. The molecule has 3 rings (SSSR count). The van der Waals surface area contributed by atoms with Crippen molar-refractivity contribution in [3.63, 3.8) is 0 Å². The third kappa shape index (κ3) is 6.30. The Balaban J connectivity index is 0.00000341. The molecule has 2 aromatic rings. The van der Waals surface area contributed by atoms with Gasteiger partial charge in [0.05, 0.1) is 17.0 Å². The lowest BCUT2D eigenvalue weighted by molar-refractivity contribution is 0.0243. The normalized spacial score (nSPS) is 18.3. The number of aryl methyl sites for hydroxylation is 1. The van der Waals surface area contributed by atoms with E-state index < -0.39 is 0 Å². The van der Waals surface area contributed by atoms with Crippen LogP contribution >= 0.6 is 24.0 Å². The zero-order valence-corrected chi connectivity index (χ0v) is 20.2. The Labute approximate surface area is 199 Å². The van der Waals surface area contributed by atoms with Gasteiger partial charge in [-0.3, -0.25) is 4.99 Å². The number of hydrogen-bond acceptors (Lipinski definition) is 5. The van der Waals surface area contributed by atoms with E-state index >= 15 is 0 Å². The number of guanidine groups is 1. The first-order chi connectivity index (χ1) is 14.5. The maximum absolute atomic E-state index is 13.2. The molecule has 1 fully saturated rings. The average Bonchev–Trinajstić information content (AvgIpc) is 3.31. The van der Waals surface area contributed by atoms with Crippen molar-refractivity contribution in [2.75, 3.05) is 32.5 Å². The number of rotatable bonds is 7. The highest BCUT2D eigenvalue weighted by atomic mass is 127. The van der Waals surface area contributed by atoms with Gasteiger partial charge in [-0.05, 0) is 56.9 Å². The first kappa shape index (κ1) is 24.9. The molecule has 168 valence electrons. The van der Waals surface area contributed by atoms with E-state index in [2.05, 4.69) is 33.7 Å². The summed E-state index contributed by atoms with van der Waals surface area (Å²) in [6.45, 7) is 4.26. The highest BCUT2D eigenvalue weighted by molar-refractivity contribution is 14.0. The second-order valence-electron chi connectivity index (χ2n) is 7.56. The molecule has 4 N–H and O–H groups in total. The van der Waals surface area contributed by atoms with Gasteiger partial charge < -0.3 is 21.1 Å². The second-order valence-corrected chi connectivity index (χ2v) is 7.56. The number of aliphatic imine (C=N–C) groups is 1. The third-order valence-electron chi connectivity index (χ3n) is 5.21. The van der Waals surface area contributed by atoms with Gasteiger partial charge in [0.2, 0.25) is 0 Å². The van der Waals surface area contributed by atoms with Crippen LogP contribution in [0.1, 0.15) is 37.4 Å². The number of nitrogens with zero attached hydrogens (tertiary/aromatic N) is 4. The number of nitrogens with two attached hydrogens (primary N) is 1. The van der Waals surface area contributed by atoms with E-state index in [0.717, 1.165) is 25.9 Å². The molecule has 1 aromatic carbocycles. The van der Waals surface area contributed by atoms with Crippen LogP contribution in [0.2, 0.25) is 0 Å². The molecule has 1 aliphatic rings. The fourth-order valence-corrected chi connectivity index (χ4v) is 3.48. The molecule has 1 atom stereocenters. The maximum Gasteiger partial charge on any atom is 0.191 e. The summed E-state index contributed by atoms with van der Waals surface area (Å²) in [6.07, 6.45) is 3.43. The number of nitrogens with one attached hydrogen (secondary N) is 2. The van der Waals surface area contributed by atoms with E-state index in [9.17, 15) is 9.65 Å². The van der Waals surface area contributed by atoms with E-state index in [1.54, 1.807) is 19.2 Å². The smallest absolute Gasteiger partial charge is 0.191 e. The molecule has 8 nitrogen and oxygen atoms in total. The van der Waals surface area contributed by atoms with Crippen LogP contribution in [0, 0.1) is 17.1 Å². The summed E-state index contributed by atoms with van der Waals surface area (Å²) < 4.78 is 20.4. The topological polar surface area (TPSA) is 113 Å².